The van der Waals surface area contributed by atoms with Gasteiger partial charge in [0.25, 0.3) is 0 Å². The highest BCUT2D eigenvalue weighted by Gasteiger charge is 2.03. The smallest absolute Gasteiger partial charge is 0.191 e. The van der Waals surface area contributed by atoms with Gasteiger partial charge in [0.15, 0.2) is 5.96 Å². The van der Waals surface area contributed by atoms with Gasteiger partial charge < -0.3 is 20.3 Å². The van der Waals surface area contributed by atoms with Crippen molar-refractivity contribution in [3.8, 4) is 5.75 Å². The maximum Gasteiger partial charge on any atom is 0.191 e. The molecule has 0 amide bonds. The minimum atomic E-state index is 0. The molecule has 6 heteroatoms. The van der Waals surface area contributed by atoms with Crippen LogP contribution in [0.1, 0.15) is 38.7 Å². The summed E-state index contributed by atoms with van der Waals surface area (Å²) in [5, 5.41) is 6.74. The lowest BCUT2D eigenvalue weighted by atomic mass is 10.2. The van der Waals surface area contributed by atoms with Gasteiger partial charge in [-0.2, -0.15) is 0 Å². The van der Waals surface area contributed by atoms with Crippen LogP contribution in [0.5, 0.6) is 5.75 Å². The number of methoxy groups -OCH3 is 1. The van der Waals surface area contributed by atoms with Crippen LogP contribution in [0.4, 0.5) is 0 Å². The predicted molar refractivity (Wildman–Crippen MR) is 118 cm³/mol. The van der Waals surface area contributed by atoms with Gasteiger partial charge in [0.2, 0.25) is 0 Å². The number of hydrogen-bond acceptors (Lipinski definition) is 3. The van der Waals surface area contributed by atoms with Crippen molar-refractivity contribution < 1.29 is 4.74 Å². The third-order valence-corrected chi connectivity index (χ3v) is 3.87. The van der Waals surface area contributed by atoms with E-state index in [1.807, 2.05) is 19.2 Å². The molecule has 1 aromatic carbocycles. The van der Waals surface area contributed by atoms with Crippen molar-refractivity contribution in [2.45, 2.75) is 39.7 Å². The van der Waals surface area contributed by atoms with Crippen molar-refractivity contribution in [2.24, 2.45) is 4.99 Å². The highest BCUT2D eigenvalue weighted by atomic mass is 127. The summed E-state index contributed by atoms with van der Waals surface area (Å²) in [7, 11) is 3.49. The van der Waals surface area contributed by atoms with Gasteiger partial charge in [-0.1, -0.05) is 26.0 Å². The molecule has 0 aliphatic rings. The quantitative estimate of drug-likeness (QED) is 0.229. The van der Waals surface area contributed by atoms with E-state index in [0.717, 1.165) is 37.8 Å². The fourth-order valence-corrected chi connectivity index (χ4v) is 2.63. The number of halogens is 1. The molecule has 0 aromatic heterocycles. The molecule has 0 atom stereocenters. The first kappa shape index (κ1) is 24.0. The van der Waals surface area contributed by atoms with Crippen LogP contribution in [0.25, 0.3) is 0 Å². The zero-order valence-corrected chi connectivity index (χ0v) is 18.5. The molecule has 0 aliphatic carbocycles. The van der Waals surface area contributed by atoms with Gasteiger partial charge in [0.1, 0.15) is 5.75 Å². The summed E-state index contributed by atoms with van der Waals surface area (Å²) >= 11 is 0. The molecule has 25 heavy (non-hydrogen) atoms. The van der Waals surface area contributed by atoms with Crippen molar-refractivity contribution in [3.05, 3.63) is 29.8 Å². The van der Waals surface area contributed by atoms with Gasteiger partial charge in [-0.05, 0) is 56.6 Å². The SMILES string of the molecule is CCCN(CCC)CCCNC(=NC)NCc1ccc(OC)cc1.I. The normalized spacial score (nSPS) is 11.2. The van der Waals surface area contributed by atoms with Crippen LogP contribution in [0.15, 0.2) is 29.3 Å². The van der Waals surface area contributed by atoms with E-state index in [9.17, 15) is 0 Å². The Bertz CT molecular complexity index is 459. The summed E-state index contributed by atoms with van der Waals surface area (Å²) in [6.07, 6.45) is 3.57. The highest BCUT2D eigenvalue weighted by molar-refractivity contribution is 14.0. The van der Waals surface area contributed by atoms with Crippen molar-refractivity contribution in [2.75, 3.05) is 40.3 Å². The molecule has 0 fully saturated rings. The van der Waals surface area contributed by atoms with Crippen LogP contribution in [0.2, 0.25) is 0 Å². The number of nitrogens with zero attached hydrogens (tertiary/aromatic N) is 2. The Morgan fingerprint density at radius 1 is 1.04 bits per heavy atom. The number of guanidine groups is 1. The van der Waals surface area contributed by atoms with Crippen molar-refractivity contribution in [1.82, 2.24) is 15.5 Å². The summed E-state index contributed by atoms with van der Waals surface area (Å²) in [5.74, 6) is 1.73. The molecule has 5 nitrogen and oxygen atoms in total. The van der Waals surface area contributed by atoms with Crippen LogP contribution in [0.3, 0.4) is 0 Å². The Labute approximate surface area is 170 Å². The largest absolute Gasteiger partial charge is 0.497 e. The Hall–Kier alpha value is -1.02. The molecule has 0 saturated heterocycles. The van der Waals surface area contributed by atoms with Crippen LogP contribution in [-0.2, 0) is 6.54 Å². The van der Waals surface area contributed by atoms with E-state index in [1.165, 1.54) is 31.5 Å². The van der Waals surface area contributed by atoms with Crippen molar-refractivity contribution in [1.29, 1.82) is 0 Å². The second kappa shape index (κ2) is 15.3. The van der Waals surface area contributed by atoms with E-state index in [1.54, 1.807) is 7.11 Å². The van der Waals surface area contributed by atoms with Crippen LogP contribution in [-0.4, -0.2) is 51.2 Å². The zero-order valence-electron chi connectivity index (χ0n) is 16.2. The molecular weight excluding hydrogens is 427 g/mol. The minimum absolute atomic E-state index is 0. The average molecular weight is 462 g/mol. The number of nitrogens with one attached hydrogen (secondary N) is 2. The van der Waals surface area contributed by atoms with Gasteiger partial charge >= 0.3 is 0 Å². The Morgan fingerprint density at radius 2 is 1.68 bits per heavy atom. The molecule has 0 aliphatic heterocycles. The summed E-state index contributed by atoms with van der Waals surface area (Å²) in [6, 6.07) is 8.07. The van der Waals surface area contributed by atoms with E-state index in [-0.39, 0.29) is 24.0 Å². The number of benzene rings is 1. The first-order valence-electron chi connectivity index (χ1n) is 9.03. The third kappa shape index (κ3) is 10.5. The maximum atomic E-state index is 5.17. The molecule has 0 radical (unpaired) electrons. The van der Waals surface area contributed by atoms with Crippen molar-refractivity contribution in [3.63, 3.8) is 0 Å². The Morgan fingerprint density at radius 3 is 2.20 bits per heavy atom. The monoisotopic (exact) mass is 462 g/mol. The summed E-state index contributed by atoms with van der Waals surface area (Å²) in [5.41, 5.74) is 1.20. The van der Waals surface area contributed by atoms with E-state index in [2.05, 4.69) is 46.5 Å². The molecule has 0 bridgehead atoms. The summed E-state index contributed by atoms with van der Waals surface area (Å²) in [6.45, 7) is 9.70. The fraction of sp³-hybridized carbons (Fsp3) is 0.632. The van der Waals surface area contributed by atoms with Gasteiger partial charge in [-0.15, -0.1) is 24.0 Å². The fourth-order valence-electron chi connectivity index (χ4n) is 2.63. The summed E-state index contributed by atoms with van der Waals surface area (Å²) < 4.78 is 5.17. The standard InChI is InChI=1S/C19H34N4O.HI/c1-5-13-23(14-6-2)15-7-12-21-19(20-3)22-16-17-8-10-18(24-4)11-9-17;/h8-11H,5-7,12-16H2,1-4H3,(H2,20,21,22);1H. The molecule has 0 saturated carbocycles. The first-order valence-corrected chi connectivity index (χ1v) is 9.03. The van der Waals surface area contributed by atoms with Crippen LogP contribution in [0, 0.1) is 0 Å². The molecule has 2 N–H and O–H groups in total. The molecule has 144 valence electrons. The first-order chi connectivity index (χ1) is 11.7. The minimum Gasteiger partial charge on any atom is -0.497 e. The third-order valence-electron chi connectivity index (χ3n) is 3.87. The van der Waals surface area contributed by atoms with Gasteiger partial charge in [0.05, 0.1) is 7.11 Å². The van der Waals surface area contributed by atoms with Gasteiger partial charge in [-0.25, -0.2) is 0 Å². The maximum absolute atomic E-state index is 5.17. The molecule has 0 unspecified atom stereocenters. The lowest BCUT2D eigenvalue weighted by Gasteiger charge is -2.21. The Balaban J connectivity index is 0.00000576. The molecule has 1 aromatic rings. The predicted octanol–water partition coefficient (Wildman–Crippen LogP) is 3.49. The van der Waals surface area contributed by atoms with Gasteiger partial charge in [0, 0.05) is 20.1 Å². The van der Waals surface area contributed by atoms with Gasteiger partial charge in [-0.3, -0.25) is 4.99 Å². The second-order valence-corrected chi connectivity index (χ2v) is 5.90. The lowest BCUT2D eigenvalue weighted by molar-refractivity contribution is 0.271. The van der Waals surface area contributed by atoms with Crippen LogP contribution >= 0.6 is 24.0 Å². The van der Waals surface area contributed by atoms with E-state index in [0.29, 0.717) is 0 Å². The average Bonchev–Trinajstić information content (AvgIpc) is 2.62. The topological polar surface area (TPSA) is 48.9 Å². The Kier molecular flexibility index (Phi) is 14.6. The van der Waals surface area contributed by atoms with E-state index < -0.39 is 0 Å². The molecule has 0 spiro atoms. The molecule has 0 heterocycles. The van der Waals surface area contributed by atoms with E-state index in [4.69, 9.17) is 4.74 Å². The van der Waals surface area contributed by atoms with E-state index >= 15 is 0 Å². The van der Waals surface area contributed by atoms with Crippen LogP contribution < -0.4 is 15.4 Å². The number of ether oxygens (including phenoxy) is 1. The summed E-state index contributed by atoms with van der Waals surface area (Å²) in [4.78, 5) is 6.82. The molecule has 1 rings (SSSR count). The number of hydrogen-bond donors (Lipinski definition) is 2. The zero-order chi connectivity index (χ0) is 17.6. The molecular formula is C19H35IN4O. The van der Waals surface area contributed by atoms with Crippen molar-refractivity contribution >= 4 is 29.9 Å². The number of rotatable bonds is 11. The lowest BCUT2D eigenvalue weighted by Crippen LogP contribution is -2.38. The highest BCUT2D eigenvalue weighted by Crippen LogP contribution is 2.10. The number of aliphatic imine (C=N–C) groups is 1. The second-order valence-electron chi connectivity index (χ2n) is 5.90.